The molecule has 0 aliphatic heterocycles. The van der Waals surface area contributed by atoms with Crippen LogP contribution in [0.5, 0.6) is 0 Å². The number of benzene rings is 1. The molecule has 0 spiro atoms. The van der Waals surface area contributed by atoms with Gasteiger partial charge in [-0.3, -0.25) is 0 Å². The zero-order valence-electron chi connectivity index (χ0n) is 6.20. The van der Waals surface area contributed by atoms with Gasteiger partial charge in [-0.2, -0.15) is 4.99 Å². The summed E-state index contributed by atoms with van der Waals surface area (Å²) in [6, 6.07) is 9.38. The fourth-order valence-electron chi connectivity index (χ4n) is 0.763. The van der Waals surface area contributed by atoms with Gasteiger partial charge in [0.2, 0.25) is 6.08 Å². The molecule has 0 atom stereocenters. The Hall–Kier alpha value is -1.37. The van der Waals surface area contributed by atoms with E-state index >= 15 is 0 Å². The minimum Gasteiger partial charge on any atom is -0.211 e. The van der Waals surface area contributed by atoms with Gasteiger partial charge in [-0.1, -0.05) is 41.9 Å². The quantitative estimate of drug-likeness (QED) is 0.390. The van der Waals surface area contributed by atoms with Crippen LogP contribution in [0.1, 0.15) is 5.56 Å². The highest BCUT2D eigenvalue weighted by Gasteiger charge is 1.88. The molecule has 0 bridgehead atoms. The molecule has 0 N–H and O–H groups in total. The Morgan fingerprint density at radius 2 is 2.08 bits per heavy atom. The van der Waals surface area contributed by atoms with Crippen LogP contribution in [-0.2, 0) is 4.79 Å². The van der Waals surface area contributed by atoms with Crippen molar-refractivity contribution < 1.29 is 4.79 Å². The zero-order valence-corrected chi connectivity index (χ0v) is 6.95. The van der Waals surface area contributed by atoms with Crippen molar-refractivity contribution in [3.8, 4) is 0 Å². The maximum Gasteiger partial charge on any atom is 0.241 e. The molecule has 3 heteroatoms. The van der Waals surface area contributed by atoms with Gasteiger partial charge in [-0.05, 0) is 11.6 Å². The summed E-state index contributed by atoms with van der Waals surface area (Å²) in [4.78, 5) is 13.0. The third-order valence-electron chi connectivity index (χ3n) is 1.24. The summed E-state index contributed by atoms with van der Waals surface area (Å²) < 4.78 is 0. The molecule has 0 radical (unpaired) electrons. The third-order valence-corrected chi connectivity index (χ3v) is 1.43. The first-order valence-corrected chi connectivity index (χ1v) is 3.71. The molecule has 0 saturated carbocycles. The molecule has 2 nitrogen and oxygen atoms in total. The third kappa shape index (κ3) is 2.70. The molecule has 0 aromatic heterocycles. The first kappa shape index (κ1) is 8.72. The van der Waals surface area contributed by atoms with E-state index in [1.165, 1.54) is 6.08 Å². The van der Waals surface area contributed by atoms with Crippen molar-refractivity contribution in [3.05, 3.63) is 41.1 Å². The summed E-state index contributed by atoms with van der Waals surface area (Å²) >= 11 is 5.55. The van der Waals surface area contributed by atoms with Crippen LogP contribution in [0.25, 0.3) is 6.08 Å². The lowest BCUT2D eigenvalue weighted by Gasteiger charge is -1.89. The van der Waals surface area contributed by atoms with E-state index in [0.717, 1.165) is 5.56 Å². The topological polar surface area (TPSA) is 29.4 Å². The van der Waals surface area contributed by atoms with E-state index in [9.17, 15) is 4.79 Å². The van der Waals surface area contributed by atoms with E-state index in [4.69, 9.17) is 11.6 Å². The van der Waals surface area contributed by atoms with E-state index in [1.54, 1.807) is 6.08 Å². The van der Waals surface area contributed by atoms with Crippen molar-refractivity contribution in [1.82, 2.24) is 0 Å². The Labute approximate surface area is 75.2 Å². The molecular weight excluding hydrogens is 174 g/mol. The van der Waals surface area contributed by atoms with E-state index in [1.807, 2.05) is 30.3 Å². The van der Waals surface area contributed by atoms with Gasteiger partial charge >= 0.3 is 0 Å². The summed E-state index contributed by atoms with van der Waals surface area (Å²) in [5, 5.41) is 0.135. The number of hydrogen-bond donors (Lipinski definition) is 0. The smallest absolute Gasteiger partial charge is 0.211 e. The normalized spacial score (nSPS) is 10.6. The molecule has 0 heterocycles. The number of hydrogen-bond acceptors (Lipinski definition) is 2. The minimum atomic E-state index is 0.135. The van der Waals surface area contributed by atoms with Crippen molar-refractivity contribution in [2.45, 2.75) is 0 Å². The predicted octanol–water partition coefficient (Wildman–Crippen LogP) is 2.56. The average molecular weight is 180 g/mol. The lowest BCUT2D eigenvalue weighted by molar-refractivity contribution is 0.565. The Morgan fingerprint density at radius 3 is 2.67 bits per heavy atom. The van der Waals surface area contributed by atoms with Gasteiger partial charge in [0.15, 0.2) is 0 Å². The highest BCUT2D eigenvalue weighted by molar-refractivity contribution is 6.31. The van der Waals surface area contributed by atoms with Crippen molar-refractivity contribution in [2.75, 3.05) is 0 Å². The highest BCUT2D eigenvalue weighted by atomic mass is 35.5. The lowest BCUT2D eigenvalue weighted by atomic mass is 10.2. The van der Waals surface area contributed by atoms with Crippen molar-refractivity contribution >= 4 is 23.8 Å². The van der Waals surface area contributed by atoms with Crippen LogP contribution in [0, 0.1) is 0 Å². The fourth-order valence-corrected chi connectivity index (χ4v) is 0.923. The maximum absolute atomic E-state index is 9.79. The molecule has 0 fully saturated rings. The maximum atomic E-state index is 9.79. The number of aliphatic imine (C=N–C) groups is 1. The van der Waals surface area contributed by atoms with E-state index < -0.39 is 0 Å². The summed E-state index contributed by atoms with van der Waals surface area (Å²) in [5.41, 5.74) is 0.904. The number of isocyanates is 1. The molecule has 1 aromatic rings. The number of rotatable bonds is 2. The molecule has 0 saturated heterocycles. The Kier molecular flexibility index (Phi) is 3.27. The largest absolute Gasteiger partial charge is 0.241 e. The first-order valence-electron chi connectivity index (χ1n) is 3.33. The summed E-state index contributed by atoms with van der Waals surface area (Å²) in [6.45, 7) is 0. The van der Waals surface area contributed by atoms with Gasteiger partial charge in [0.25, 0.3) is 0 Å². The fraction of sp³-hybridized carbons (Fsp3) is 0. The number of halogens is 1. The van der Waals surface area contributed by atoms with Crippen molar-refractivity contribution in [1.29, 1.82) is 0 Å². The standard InChI is InChI=1S/C9H6ClNO/c10-9(11-7-12)6-8-4-2-1-3-5-8/h1-6H. The molecule has 0 unspecified atom stereocenters. The molecular formula is C9H6ClNO. The van der Waals surface area contributed by atoms with Crippen LogP contribution >= 0.6 is 11.6 Å². The van der Waals surface area contributed by atoms with Gasteiger partial charge < -0.3 is 0 Å². The van der Waals surface area contributed by atoms with Crippen molar-refractivity contribution in [3.63, 3.8) is 0 Å². The van der Waals surface area contributed by atoms with Crippen LogP contribution in [0.15, 0.2) is 40.5 Å². The van der Waals surface area contributed by atoms with E-state index in [-0.39, 0.29) is 5.16 Å². The molecule has 60 valence electrons. The summed E-state index contributed by atoms with van der Waals surface area (Å²) in [6.07, 6.45) is 2.95. The number of carbonyl (C=O) groups excluding carboxylic acids is 1. The molecule has 12 heavy (non-hydrogen) atoms. The Bertz CT molecular complexity index is 326. The van der Waals surface area contributed by atoms with Gasteiger partial charge in [-0.15, -0.1) is 0 Å². The lowest BCUT2D eigenvalue weighted by Crippen LogP contribution is -1.70. The van der Waals surface area contributed by atoms with Crippen LogP contribution in [-0.4, -0.2) is 6.08 Å². The van der Waals surface area contributed by atoms with E-state index in [0.29, 0.717) is 0 Å². The average Bonchev–Trinajstić information content (AvgIpc) is 2.06. The second-order valence-corrected chi connectivity index (χ2v) is 2.47. The highest BCUT2D eigenvalue weighted by Crippen LogP contribution is 2.09. The Morgan fingerprint density at radius 1 is 1.42 bits per heavy atom. The van der Waals surface area contributed by atoms with Crippen LogP contribution < -0.4 is 0 Å². The molecule has 1 rings (SSSR count). The van der Waals surface area contributed by atoms with Crippen LogP contribution in [0.3, 0.4) is 0 Å². The zero-order chi connectivity index (χ0) is 8.81. The summed E-state index contributed by atoms with van der Waals surface area (Å²) in [7, 11) is 0. The molecule has 1 aromatic carbocycles. The SMILES string of the molecule is O=C=NC(Cl)=Cc1ccccc1. The monoisotopic (exact) mass is 179 g/mol. The van der Waals surface area contributed by atoms with E-state index in [2.05, 4.69) is 4.99 Å². The Balaban J connectivity index is 2.88. The summed E-state index contributed by atoms with van der Waals surface area (Å²) in [5.74, 6) is 0. The van der Waals surface area contributed by atoms with Crippen molar-refractivity contribution in [2.24, 2.45) is 4.99 Å². The number of nitrogens with zero attached hydrogens (tertiary/aromatic N) is 1. The molecule has 0 amide bonds. The molecule has 0 aliphatic carbocycles. The predicted molar refractivity (Wildman–Crippen MR) is 48.4 cm³/mol. The first-order chi connectivity index (χ1) is 5.83. The van der Waals surface area contributed by atoms with Gasteiger partial charge in [0.1, 0.15) is 5.16 Å². The second-order valence-electron chi connectivity index (χ2n) is 2.08. The van der Waals surface area contributed by atoms with Gasteiger partial charge in [-0.25, -0.2) is 4.79 Å². The van der Waals surface area contributed by atoms with Crippen LogP contribution in [0.2, 0.25) is 0 Å². The molecule has 0 aliphatic rings. The second kappa shape index (κ2) is 4.50. The minimum absolute atomic E-state index is 0.135. The van der Waals surface area contributed by atoms with Crippen LogP contribution in [0.4, 0.5) is 0 Å². The van der Waals surface area contributed by atoms with Gasteiger partial charge in [0.05, 0.1) is 0 Å². The van der Waals surface area contributed by atoms with Gasteiger partial charge in [0, 0.05) is 0 Å².